The molecule has 2 aromatic rings. The van der Waals surface area contributed by atoms with Crippen molar-refractivity contribution in [1.29, 1.82) is 0 Å². The molecule has 1 aromatic heterocycles. The van der Waals surface area contributed by atoms with Crippen LogP contribution in [0.2, 0.25) is 0 Å². The van der Waals surface area contributed by atoms with Gasteiger partial charge >= 0.3 is 0 Å². The fourth-order valence-electron chi connectivity index (χ4n) is 0.786. The van der Waals surface area contributed by atoms with Crippen LogP contribution >= 0.6 is 37.2 Å². The minimum Gasteiger partial charge on any atom is -0.197 e. The third-order valence-electron chi connectivity index (χ3n) is 1.22. The van der Waals surface area contributed by atoms with Gasteiger partial charge < -0.3 is 0 Å². The van der Waals surface area contributed by atoms with Gasteiger partial charge in [-0.05, 0) is 12.1 Å². The highest BCUT2D eigenvalue weighted by Crippen LogP contribution is 2.03. The highest BCUT2D eigenvalue weighted by molar-refractivity contribution is 15.0. The Balaban J connectivity index is 0.000000322. The summed E-state index contributed by atoms with van der Waals surface area (Å²) in [6, 6.07) is 7.70. The molecule has 0 aliphatic carbocycles. The Hall–Kier alpha value is 0.0800. The molecule has 0 aliphatic heterocycles. The monoisotopic (exact) mass is 403 g/mol. The van der Waals surface area contributed by atoms with Crippen molar-refractivity contribution in [2.45, 2.75) is 13.8 Å². The molecule has 72 valence electrons. The lowest BCUT2D eigenvalue weighted by atomic mass is 10.3. The Morgan fingerprint density at radius 2 is 1.38 bits per heavy atom. The smallest absolute Gasteiger partial charge is 0.112 e. The first-order chi connectivity index (χ1) is 6.47. The molecule has 0 aliphatic rings. The molecule has 0 saturated carbocycles. The first-order valence-electron chi connectivity index (χ1n) is 3.86. The zero-order chi connectivity index (χ0) is 10.1. The number of fused-ring (bicyclic) bond motifs is 1. The van der Waals surface area contributed by atoms with E-state index in [0.29, 0.717) is 0 Å². The van der Waals surface area contributed by atoms with E-state index >= 15 is 0 Å². The molecule has 0 atom stereocenters. The van der Waals surface area contributed by atoms with Crippen molar-refractivity contribution in [3.63, 3.8) is 0 Å². The SMILES string of the molecule is CC.II.c1ccc2n[nH]nc2c1. The number of halogens is 2. The average molecular weight is 403 g/mol. The minimum absolute atomic E-state index is 0.914. The van der Waals surface area contributed by atoms with Gasteiger partial charge in [0.05, 0.1) is 0 Å². The molecule has 1 heterocycles. The molecule has 0 amide bonds. The highest BCUT2D eigenvalue weighted by Gasteiger charge is 1.90. The summed E-state index contributed by atoms with van der Waals surface area (Å²) in [6.45, 7) is 4.00. The third kappa shape index (κ3) is 4.21. The topological polar surface area (TPSA) is 41.6 Å². The number of rotatable bonds is 0. The molecular formula is C8H11I2N3. The zero-order valence-corrected chi connectivity index (χ0v) is 11.8. The lowest BCUT2D eigenvalue weighted by Gasteiger charge is -1.78. The number of nitrogens with one attached hydrogen (secondary N) is 1. The van der Waals surface area contributed by atoms with Crippen LogP contribution in [0.25, 0.3) is 11.0 Å². The van der Waals surface area contributed by atoms with Gasteiger partial charge in [-0.1, -0.05) is 26.0 Å². The van der Waals surface area contributed by atoms with Crippen molar-refractivity contribution in [2.75, 3.05) is 0 Å². The van der Waals surface area contributed by atoms with Crippen LogP contribution in [0.1, 0.15) is 13.8 Å². The molecular weight excluding hydrogens is 392 g/mol. The van der Waals surface area contributed by atoms with Crippen LogP contribution in [0.15, 0.2) is 24.3 Å². The summed E-state index contributed by atoms with van der Waals surface area (Å²) < 4.78 is 0. The van der Waals surface area contributed by atoms with Crippen molar-refractivity contribution in [3.8, 4) is 0 Å². The van der Waals surface area contributed by atoms with Crippen LogP contribution < -0.4 is 0 Å². The molecule has 3 nitrogen and oxygen atoms in total. The zero-order valence-electron chi connectivity index (χ0n) is 7.46. The second-order valence-electron chi connectivity index (χ2n) is 1.81. The third-order valence-corrected chi connectivity index (χ3v) is 1.22. The number of nitrogens with zero attached hydrogens (tertiary/aromatic N) is 2. The molecule has 0 spiro atoms. The lowest BCUT2D eigenvalue weighted by molar-refractivity contribution is 0.959. The molecule has 1 aromatic carbocycles. The first kappa shape index (κ1) is 13.1. The predicted octanol–water partition coefficient (Wildman–Crippen LogP) is 3.76. The Labute approximate surface area is 101 Å². The van der Waals surface area contributed by atoms with E-state index in [2.05, 4.69) is 52.6 Å². The van der Waals surface area contributed by atoms with Crippen molar-refractivity contribution < 1.29 is 0 Å². The number of hydrogen-bond donors (Lipinski definition) is 1. The molecule has 0 bridgehead atoms. The van der Waals surface area contributed by atoms with Crippen molar-refractivity contribution >= 4 is 48.3 Å². The van der Waals surface area contributed by atoms with Gasteiger partial charge in [-0.25, -0.2) is 0 Å². The van der Waals surface area contributed by atoms with Gasteiger partial charge in [0, 0.05) is 37.2 Å². The standard InChI is InChI=1S/C6H5N3.C2H6.I2/c1-2-4-6-5(3-1)7-9-8-6;2*1-2/h1-4H,(H,7,8,9);1-2H3;. The van der Waals surface area contributed by atoms with E-state index in [1.807, 2.05) is 38.1 Å². The molecule has 0 fully saturated rings. The van der Waals surface area contributed by atoms with Crippen LogP contribution in [-0.2, 0) is 0 Å². The lowest BCUT2D eigenvalue weighted by Crippen LogP contribution is -1.63. The van der Waals surface area contributed by atoms with E-state index in [1.165, 1.54) is 0 Å². The summed E-state index contributed by atoms with van der Waals surface area (Å²) in [7, 11) is 0. The number of aromatic nitrogens is 3. The van der Waals surface area contributed by atoms with E-state index in [9.17, 15) is 0 Å². The van der Waals surface area contributed by atoms with Crippen LogP contribution in [0.5, 0.6) is 0 Å². The number of H-pyrrole nitrogens is 1. The summed E-state index contributed by atoms with van der Waals surface area (Å²) in [4.78, 5) is 0. The first-order valence-corrected chi connectivity index (χ1v) is 10.2. The summed E-state index contributed by atoms with van der Waals surface area (Å²) in [6.07, 6.45) is 0. The van der Waals surface area contributed by atoms with Crippen molar-refractivity contribution in [2.24, 2.45) is 0 Å². The predicted molar refractivity (Wildman–Crippen MR) is 73.3 cm³/mol. The second kappa shape index (κ2) is 8.67. The minimum atomic E-state index is 0.914. The largest absolute Gasteiger partial charge is 0.197 e. The average Bonchev–Trinajstić information content (AvgIpc) is 2.71. The van der Waals surface area contributed by atoms with E-state index in [-0.39, 0.29) is 0 Å². The van der Waals surface area contributed by atoms with Gasteiger partial charge in [-0.2, -0.15) is 15.4 Å². The van der Waals surface area contributed by atoms with E-state index in [1.54, 1.807) is 0 Å². The van der Waals surface area contributed by atoms with Crippen LogP contribution in [0.4, 0.5) is 0 Å². The maximum Gasteiger partial charge on any atom is 0.112 e. The highest BCUT2D eigenvalue weighted by atomic mass is 128. The maximum atomic E-state index is 3.88. The fraction of sp³-hybridized carbons (Fsp3) is 0.250. The molecule has 1 N–H and O–H groups in total. The van der Waals surface area contributed by atoms with E-state index in [0.717, 1.165) is 11.0 Å². The number of aromatic amines is 1. The van der Waals surface area contributed by atoms with Gasteiger partial charge in [0.15, 0.2) is 0 Å². The van der Waals surface area contributed by atoms with Gasteiger partial charge in [-0.15, -0.1) is 0 Å². The Kier molecular flexibility index (Phi) is 8.72. The van der Waals surface area contributed by atoms with Crippen molar-refractivity contribution in [3.05, 3.63) is 24.3 Å². The van der Waals surface area contributed by atoms with Crippen molar-refractivity contribution in [1.82, 2.24) is 15.4 Å². The summed E-state index contributed by atoms with van der Waals surface area (Å²) in [5.74, 6) is 0. The Morgan fingerprint density at radius 1 is 1.00 bits per heavy atom. The number of hydrogen-bond acceptors (Lipinski definition) is 2. The summed E-state index contributed by atoms with van der Waals surface area (Å²) >= 11 is 4.24. The van der Waals surface area contributed by atoms with E-state index < -0.39 is 0 Å². The van der Waals surface area contributed by atoms with Gasteiger partial charge in [0.25, 0.3) is 0 Å². The summed E-state index contributed by atoms with van der Waals surface area (Å²) in [5, 5.41) is 10.3. The molecule has 13 heavy (non-hydrogen) atoms. The second-order valence-corrected chi connectivity index (χ2v) is 1.81. The van der Waals surface area contributed by atoms with Crippen LogP contribution in [0.3, 0.4) is 0 Å². The fourth-order valence-corrected chi connectivity index (χ4v) is 0.786. The number of benzene rings is 1. The molecule has 2 rings (SSSR count). The van der Waals surface area contributed by atoms with Crippen LogP contribution in [0, 0.1) is 0 Å². The quantitative estimate of drug-likeness (QED) is 0.682. The van der Waals surface area contributed by atoms with E-state index in [4.69, 9.17) is 0 Å². The van der Waals surface area contributed by atoms with Gasteiger partial charge in [0.2, 0.25) is 0 Å². The normalized spacial score (nSPS) is 8.00. The summed E-state index contributed by atoms with van der Waals surface area (Å²) in [5.41, 5.74) is 1.83. The molecule has 5 heteroatoms. The Morgan fingerprint density at radius 3 is 1.77 bits per heavy atom. The van der Waals surface area contributed by atoms with Gasteiger partial charge in [0.1, 0.15) is 11.0 Å². The molecule has 0 saturated heterocycles. The maximum absolute atomic E-state index is 3.88. The Bertz CT molecular complexity index is 291. The number of para-hydroxylation sites is 2. The van der Waals surface area contributed by atoms with Gasteiger partial charge in [-0.3, -0.25) is 0 Å². The van der Waals surface area contributed by atoms with Crippen LogP contribution in [-0.4, -0.2) is 15.4 Å². The molecule has 0 unspecified atom stereocenters. The molecule has 0 radical (unpaired) electrons.